The molecule has 0 saturated carbocycles. The van der Waals surface area contributed by atoms with Gasteiger partial charge in [0, 0.05) is 0 Å². The smallest absolute Gasteiger partial charge is 0.119 e. The summed E-state index contributed by atoms with van der Waals surface area (Å²) < 4.78 is 11.8. The van der Waals surface area contributed by atoms with Crippen LogP contribution in [0.3, 0.4) is 0 Å². The molecule has 0 saturated heterocycles. The average molecular weight is 427 g/mol. The molecule has 0 spiro atoms. The van der Waals surface area contributed by atoms with Crippen molar-refractivity contribution in [1.82, 2.24) is 0 Å². The van der Waals surface area contributed by atoms with Gasteiger partial charge in [0.2, 0.25) is 0 Å². The molecule has 4 aromatic carbocycles. The summed E-state index contributed by atoms with van der Waals surface area (Å²) in [6.07, 6.45) is -1.35. The van der Waals surface area contributed by atoms with E-state index in [1.54, 1.807) is 0 Å². The number of hydrogen-bond donors (Lipinski definition) is 2. The minimum absolute atomic E-state index is 0.0663. The van der Waals surface area contributed by atoms with Crippen LogP contribution in [0.2, 0.25) is 0 Å². The van der Waals surface area contributed by atoms with E-state index in [0.29, 0.717) is 17.9 Å². The monoisotopic (exact) mass is 426 g/mol. The number of hydrogen-bond acceptors (Lipinski definition) is 4. The van der Waals surface area contributed by atoms with Gasteiger partial charge in [-0.15, -0.1) is 0 Å². The zero-order chi connectivity index (χ0) is 22.0. The normalized spacial score (nSPS) is 18.9. The third-order valence-electron chi connectivity index (χ3n) is 6.47. The zero-order valence-corrected chi connectivity index (χ0v) is 17.7. The standard InChI is InChI=1S/C28H26O4/c29-25(18-31-22-12-3-1-4-13-22)28(26(30)19-32-23-14-5-2-6-15-23)17-21-11-7-9-20-10-8-16-24(28)27(20)21/h1-16,25-26,29-30H,17-19H2. The number of rotatable bonds is 8. The van der Waals surface area contributed by atoms with Crippen molar-refractivity contribution in [2.75, 3.05) is 13.2 Å². The molecular formula is C28H26O4. The Morgan fingerprint density at radius 3 is 1.75 bits per heavy atom. The predicted octanol–water partition coefficient (Wildman–Crippen LogP) is 4.51. The Morgan fingerprint density at radius 1 is 0.656 bits per heavy atom. The van der Waals surface area contributed by atoms with Crippen LogP contribution in [0, 0.1) is 0 Å². The first-order valence-corrected chi connectivity index (χ1v) is 10.9. The fourth-order valence-corrected chi connectivity index (χ4v) is 4.86. The summed E-state index contributed by atoms with van der Waals surface area (Å²) in [4.78, 5) is 0. The molecule has 0 amide bonds. The Kier molecular flexibility index (Phi) is 5.56. The molecule has 0 radical (unpaired) electrons. The van der Waals surface area contributed by atoms with Gasteiger partial charge in [-0.3, -0.25) is 0 Å². The highest BCUT2D eigenvalue weighted by atomic mass is 16.5. The highest BCUT2D eigenvalue weighted by molar-refractivity contribution is 5.92. The Balaban J connectivity index is 1.49. The summed E-state index contributed by atoms with van der Waals surface area (Å²) in [5.41, 5.74) is 1.13. The first-order valence-electron chi connectivity index (χ1n) is 10.9. The van der Waals surface area contributed by atoms with Crippen molar-refractivity contribution < 1.29 is 19.7 Å². The van der Waals surface area contributed by atoms with Crippen molar-refractivity contribution >= 4 is 10.8 Å². The van der Waals surface area contributed by atoms with Crippen LogP contribution in [-0.2, 0) is 11.8 Å². The fraction of sp³-hybridized carbons (Fsp3) is 0.214. The van der Waals surface area contributed by atoms with Crippen molar-refractivity contribution in [3.63, 3.8) is 0 Å². The summed E-state index contributed by atoms with van der Waals surface area (Å²) in [5.74, 6) is 1.37. The quantitative estimate of drug-likeness (QED) is 0.435. The summed E-state index contributed by atoms with van der Waals surface area (Å²) >= 11 is 0. The molecule has 4 heteroatoms. The maximum Gasteiger partial charge on any atom is 0.119 e. The van der Waals surface area contributed by atoms with Crippen LogP contribution in [0.1, 0.15) is 11.1 Å². The minimum atomic E-state index is -0.938. The maximum absolute atomic E-state index is 11.5. The largest absolute Gasteiger partial charge is 0.491 e. The molecule has 4 aromatic rings. The van der Waals surface area contributed by atoms with Gasteiger partial charge in [-0.25, -0.2) is 0 Å². The van der Waals surface area contributed by atoms with E-state index >= 15 is 0 Å². The van der Waals surface area contributed by atoms with E-state index < -0.39 is 17.6 Å². The van der Waals surface area contributed by atoms with E-state index in [4.69, 9.17) is 9.47 Å². The van der Waals surface area contributed by atoms with E-state index in [0.717, 1.165) is 21.9 Å². The highest BCUT2D eigenvalue weighted by Gasteiger charge is 2.51. The first-order chi connectivity index (χ1) is 15.7. The summed E-state index contributed by atoms with van der Waals surface area (Å²) in [5, 5.41) is 25.2. The molecular weight excluding hydrogens is 400 g/mol. The molecule has 0 aromatic heterocycles. The zero-order valence-electron chi connectivity index (χ0n) is 17.7. The fourth-order valence-electron chi connectivity index (χ4n) is 4.86. The summed E-state index contributed by atoms with van der Waals surface area (Å²) in [7, 11) is 0. The van der Waals surface area contributed by atoms with Gasteiger partial charge in [0.25, 0.3) is 0 Å². The Labute approximate surface area is 187 Å². The number of aliphatic hydroxyl groups is 2. The molecule has 32 heavy (non-hydrogen) atoms. The van der Waals surface area contributed by atoms with E-state index in [9.17, 15) is 10.2 Å². The van der Waals surface area contributed by atoms with Gasteiger partial charge < -0.3 is 19.7 Å². The number of para-hydroxylation sites is 2. The van der Waals surface area contributed by atoms with Crippen LogP contribution in [-0.4, -0.2) is 35.6 Å². The highest BCUT2D eigenvalue weighted by Crippen LogP contribution is 2.47. The first kappa shape index (κ1) is 20.6. The number of benzene rings is 4. The van der Waals surface area contributed by atoms with Crippen LogP contribution < -0.4 is 9.47 Å². The molecule has 0 fully saturated rings. The molecule has 0 bridgehead atoms. The van der Waals surface area contributed by atoms with Crippen molar-refractivity contribution in [2.24, 2.45) is 0 Å². The molecule has 4 nitrogen and oxygen atoms in total. The van der Waals surface area contributed by atoms with Crippen molar-refractivity contribution in [2.45, 2.75) is 24.0 Å². The van der Waals surface area contributed by atoms with E-state index in [-0.39, 0.29) is 13.2 Å². The predicted molar refractivity (Wildman–Crippen MR) is 125 cm³/mol. The van der Waals surface area contributed by atoms with Crippen molar-refractivity contribution in [1.29, 1.82) is 0 Å². The number of aliphatic hydroxyl groups excluding tert-OH is 2. The molecule has 1 aliphatic carbocycles. The van der Waals surface area contributed by atoms with E-state index in [1.807, 2.05) is 78.9 Å². The third kappa shape index (κ3) is 3.62. The second-order valence-corrected chi connectivity index (χ2v) is 8.32. The SMILES string of the molecule is OC(COc1ccccc1)C1(C(O)COc2ccccc2)Cc2cccc3cccc1c23. The van der Waals surface area contributed by atoms with Gasteiger partial charge in [0.15, 0.2) is 0 Å². The minimum Gasteiger partial charge on any atom is -0.491 e. The molecule has 2 atom stereocenters. The maximum atomic E-state index is 11.5. The van der Waals surface area contributed by atoms with Crippen LogP contribution in [0.5, 0.6) is 11.5 Å². The molecule has 0 heterocycles. The van der Waals surface area contributed by atoms with E-state index in [1.165, 1.54) is 0 Å². The van der Waals surface area contributed by atoms with E-state index in [2.05, 4.69) is 18.2 Å². The summed E-state index contributed by atoms with van der Waals surface area (Å²) in [6.45, 7) is 0.133. The van der Waals surface area contributed by atoms with Gasteiger partial charge in [0.1, 0.15) is 36.9 Å². The lowest BCUT2D eigenvalue weighted by Gasteiger charge is -2.39. The van der Waals surface area contributed by atoms with Crippen LogP contribution in [0.25, 0.3) is 10.8 Å². The Bertz CT molecular complexity index is 1140. The van der Waals surface area contributed by atoms with Crippen LogP contribution >= 0.6 is 0 Å². The van der Waals surface area contributed by atoms with Crippen molar-refractivity contribution in [3.05, 3.63) is 108 Å². The second kappa shape index (κ2) is 8.65. The van der Waals surface area contributed by atoms with Gasteiger partial charge in [0.05, 0.1) is 5.41 Å². The third-order valence-corrected chi connectivity index (χ3v) is 6.47. The van der Waals surface area contributed by atoms with Gasteiger partial charge >= 0.3 is 0 Å². The molecule has 1 aliphatic rings. The second-order valence-electron chi connectivity index (χ2n) is 8.32. The average Bonchev–Trinajstić information content (AvgIpc) is 3.20. The Morgan fingerprint density at radius 2 is 1.19 bits per heavy atom. The summed E-state index contributed by atoms with van der Waals surface area (Å²) in [6, 6.07) is 31.1. The van der Waals surface area contributed by atoms with Crippen LogP contribution in [0.15, 0.2) is 97.1 Å². The molecule has 2 N–H and O–H groups in total. The van der Waals surface area contributed by atoms with Gasteiger partial charge in [-0.05, 0) is 52.6 Å². The Hall–Kier alpha value is -3.34. The lowest BCUT2D eigenvalue weighted by Crippen LogP contribution is -2.53. The molecule has 2 unspecified atom stereocenters. The molecule has 0 aliphatic heterocycles. The van der Waals surface area contributed by atoms with Gasteiger partial charge in [-0.1, -0.05) is 72.8 Å². The lowest BCUT2D eigenvalue weighted by atomic mass is 9.71. The van der Waals surface area contributed by atoms with Crippen LogP contribution in [0.4, 0.5) is 0 Å². The molecule has 5 rings (SSSR count). The molecule has 162 valence electrons. The topological polar surface area (TPSA) is 58.9 Å². The lowest BCUT2D eigenvalue weighted by molar-refractivity contribution is -0.0496. The van der Waals surface area contributed by atoms with Crippen molar-refractivity contribution in [3.8, 4) is 11.5 Å². The number of ether oxygens (including phenoxy) is 2. The van der Waals surface area contributed by atoms with Gasteiger partial charge in [-0.2, -0.15) is 0 Å².